The number of benzene rings is 1. The number of aromatic nitrogens is 2. The normalized spacial score (nSPS) is 12.8. The first-order valence-corrected chi connectivity index (χ1v) is 9.02. The summed E-state index contributed by atoms with van der Waals surface area (Å²) in [5.41, 5.74) is 2.00. The predicted octanol–water partition coefficient (Wildman–Crippen LogP) is 3.15. The van der Waals surface area contributed by atoms with Gasteiger partial charge in [0.05, 0.1) is 0 Å². The summed E-state index contributed by atoms with van der Waals surface area (Å²) in [5.74, 6) is 1.85. The van der Waals surface area contributed by atoms with Gasteiger partial charge in [-0.05, 0) is 13.0 Å². The molecule has 134 valence electrons. The van der Waals surface area contributed by atoms with Crippen molar-refractivity contribution in [3.63, 3.8) is 0 Å². The van der Waals surface area contributed by atoms with E-state index in [0.29, 0.717) is 41.3 Å². The van der Waals surface area contributed by atoms with Crippen LogP contribution in [0.15, 0.2) is 34.2 Å². The minimum absolute atomic E-state index is 0.169. The van der Waals surface area contributed by atoms with Gasteiger partial charge in [-0.15, -0.1) is 11.3 Å². The number of nitrogens with zero attached hydrogens (tertiary/aromatic N) is 3. The number of aryl methyl sites for hydroxylation is 1. The van der Waals surface area contributed by atoms with Gasteiger partial charge in [0.2, 0.25) is 11.7 Å². The summed E-state index contributed by atoms with van der Waals surface area (Å²) in [6.45, 7) is 3.16. The van der Waals surface area contributed by atoms with Crippen LogP contribution >= 0.6 is 11.3 Å². The van der Waals surface area contributed by atoms with Crippen LogP contribution in [0.2, 0.25) is 0 Å². The van der Waals surface area contributed by atoms with Crippen molar-refractivity contribution in [2.45, 2.75) is 13.5 Å². The Morgan fingerprint density at radius 3 is 3.00 bits per heavy atom. The van der Waals surface area contributed by atoms with E-state index in [1.807, 2.05) is 31.2 Å². The molecule has 0 radical (unpaired) electrons. The topological polar surface area (TPSA) is 77.7 Å². The molecule has 7 nitrogen and oxygen atoms in total. The molecule has 0 N–H and O–H groups in total. The van der Waals surface area contributed by atoms with Crippen molar-refractivity contribution in [2.24, 2.45) is 0 Å². The molecule has 2 aromatic heterocycles. The van der Waals surface area contributed by atoms with Crippen molar-refractivity contribution in [1.82, 2.24) is 15.0 Å². The SMILES string of the molecule is Cc1cccc(-c2noc(CN(C)C(=O)c3scc4c3OCCO4)n2)c1. The predicted molar refractivity (Wildman–Crippen MR) is 95.6 cm³/mol. The summed E-state index contributed by atoms with van der Waals surface area (Å²) in [7, 11) is 1.69. The van der Waals surface area contributed by atoms with Gasteiger partial charge in [-0.25, -0.2) is 0 Å². The fourth-order valence-electron chi connectivity index (χ4n) is 2.68. The maximum atomic E-state index is 12.7. The minimum Gasteiger partial charge on any atom is -0.485 e. The number of fused-ring (bicyclic) bond motifs is 1. The zero-order valence-electron chi connectivity index (χ0n) is 14.4. The second-order valence-electron chi connectivity index (χ2n) is 6.00. The molecular weight excluding hydrogens is 354 g/mol. The number of thiophene rings is 1. The Bertz CT molecular complexity index is 950. The molecule has 1 amide bonds. The Labute approximate surface area is 154 Å². The number of hydrogen-bond acceptors (Lipinski definition) is 7. The number of carbonyl (C=O) groups is 1. The Hall–Kier alpha value is -2.87. The van der Waals surface area contributed by atoms with Crippen LogP contribution in [0.25, 0.3) is 11.4 Å². The van der Waals surface area contributed by atoms with Crippen LogP contribution in [-0.2, 0) is 6.54 Å². The summed E-state index contributed by atoms with van der Waals surface area (Å²) in [6, 6.07) is 7.85. The Morgan fingerprint density at radius 1 is 1.31 bits per heavy atom. The molecule has 1 aliphatic heterocycles. The third-order valence-electron chi connectivity index (χ3n) is 3.96. The molecule has 0 unspecified atom stereocenters. The molecular formula is C18H17N3O4S. The van der Waals surface area contributed by atoms with E-state index in [1.165, 1.54) is 16.2 Å². The molecule has 0 atom stereocenters. The van der Waals surface area contributed by atoms with Gasteiger partial charge in [0.15, 0.2) is 11.5 Å². The summed E-state index contributed by atoms with van der Waals surface area (Å²) >= 11 is 1.31. The van der Waals surface area contributed by atoms with E-state index < -0.39 is 0 Å². The summed E-state index contributed by atoms with van der Waals surface area (Å²) in [4.78, 5) is 19.1. The van der Waals surface area contributed by atoms with Gasteiger partial charge in [0.1, 0.15) is 24.6 Å². The molecule has 8 heteroatoms. The standard InChI is InChI=1S/C18H17N3O4S/c1-11-4-3-5-12(8-11)17-19-14(25-20-17)9-21(2)18(22)16-15-13(10-26-16)23-6-7-24-15/h3-5,8,10H,6-7,9H2,1-2H3. The van der Waals surface area contributed by atoms with E-state index in [0.717, 1.165) is 11.1 Å². The zero-order valence-corrected chi connectivity index (χ0v) is 15.2. The number of rotatable bonds is 4. The van der Waals surface area contributed by atoms with Gasteiger partial charge in [-0.2, -0.15) is 4.98 Å². The Morgan fingerprint density at radius 2 is 2.15 bits per heavy atom. The highest BCUT2D eigenvalue weighted by Gasteiger charge is 2.26. The average molecular weight is 371 g/mol. The van der Waals surface area contributed by atoms with E-state index in [2.05, 4.69) is 10.1 Å². The van der Waals surface area contributed by atoms with Crippen molar-refractivity contribution in [3.05, 3.63) is 46.0 Å². The van der Waals surface area contributed by atoms with Gasteiger partial charge in [-0.1, -0.05) is 28.9 Å². The first-order chi connectivity index (χ1) is 12.6. The van der Waals surface area contributed by atoms with Crippen LogP contribution in [0.3, 0.4) is 0 Å². The maximum Gasteiger partial charge on any atom is 0.268 e. The highest BCUT2D eigenvalue weighted by molar-refractivity contribution is 7.12. The third kappa shape index (κ3) is 3.15. The van der Waals surface area contributed by atoms with Crippen LogP contribution in [-0.4, -0.2) is 41.2 Å². The van der Waals surface area contributed by atoms with Crippen LogP contribution in [0.1, 0.15) is 21.1 Å². The molecule has 0 aliphatic carbocycles. The fraction of sp³-hybridized carbons (Fsp3) is 0.278. The van der Waals surface area contributed by atoms with E-state index in [1.54, 1.807) is 12.4 Å². The Kier molecular flexibility index (Phi) is 4.34. The molecule has 0 saturated heterocycles. The minimum atomic E-state index is -0.169. The van der Waals surface area contributed by atoms with Gasteiger partial charge >= 0.3 is 0 Å². The Balaban J connectivity index is 1.49. The van der Waals surface area contributed by atoms with Crippen LogP contribution in [0.5, 0.6) is 11.5 Å². The fourth-order valence-corrected chi connectivity index (χ4v) is 3.60. The van der Waals surface area contributed by atoms with E-state index in [-0.39, 0.29) is 12.5 Å². The van der Waals surface area contributed by atoms with Crippen molar-refractivity contribution in [1.29, 1.82) is 0 Å². The van der Waals surface area contributed by atoms with E-state index >= 15 is 0 Å². The zero-order chi connectivity index (χ0) is 18.1. The molecule has 0 saturated carbocycles. The molecule has 26 heavy (non-hydrogen) atoms. The van der Waals surface area contributed by atoms with Crippen molar-refractivity contribution < 1.29 is 18.8 Å². The monoisotopic (exact) mass is 371 g/mol. The van der Waals surface area contributed by atoms with Gasteiger partial charge in [0.25, 0.3) is 5.91 Å². The highest BCUT2D eigenvalue weighted by atomic mass is 32.1. The molecule has 0 bridgehead atoms. The van der Waals surface area contributed by atoms with E-state index in [4.69, 9.17) is 14.0 Å². The van der Waals surface area contributed by atoms with Gasteiger partial charge in [-0.3, -0.25) is 4.79 Å². The lowest BCUT2D eigenvalue weighted by atomic mass is 10.1. The average Bonchev–Trinajstić information content (AvgIpc) is 3.28. The second-order valence-corrected chi connectivity index (χ2v) is 6.88. The van der Waals surface area contributed by atoms with E-state index in [9.17, 15) is 4.79 Å². The largest absolute Gasteiger partial charge is 0.485 e. The van der Waals surface area contributed by atoms with Crippen LogP contribution in [0, 0.1) is 6.92 Å². The van der Waals surface area contributed by atoms with Gasteiger partial charge < -0.3 is 18.9 Å². The highest BCUT2D eigenvalue weighted by Crippen LogP contribution is 2.39. The third-order valence-corrected chi connectivity index (χ3v) is 4.89. The van der Waals surface area contributed by atoms with Crippen LogP contribution < -0.4 is 9.47 Å². The molecule has 0 fully saturated rings. The molecule has 0 spiro atoms. The van der Waals surface area contributed by atoms with Gasteiger partial charge in [0, 0.05) is 18.0 Å². The molecule has 1 aliphatic rings. The molecule has 3 aromatic rings. The lowest BCUT2D eigenvalue weighted by Crippen LogP contribution is -2.26. The summed E-state index contributed by atoms with van der Waals surface area (Å²) < 4.78 is 16.4. The first-order valence-electron chi connectivity index (χ1n) is 8.14. The number of ether oxygens (including phenoxy) is 2. The number of amides is 1. The van der Waals surface area contributed by atoms with Crippen molar-refractivity contribution in [3.8, 4) is 22.9 Å². The first kappa shape index (κ1) is 16.6. The quantitative estimate of drug-likeness (QED) is 0.701. The van der Waals surface area contributed by atoms with Crippen molar-refractivity contribution >= 4 is 17.2 Å². The number of hydrogen-bond donors (Lipinski definition) is 0. The second kappa shape index (κ2) is 6.80. The van der Waals surface area contributed by atoms with Crippen LogP contribution in [0.4, 0.5) is 0 Å². The lowest BCUT2D eigenvalue weighted by molar-refractivity contribution is 0.0765. The molecule has 4 rings (SSSR count). The molecule has 1 aromatic carbocycles. The summed E-state index contributed by atoms with van der Waals surface area (Å²) in [5, 5.41) is 5.80. The smallest absolute Gasteiger partial charge is 0.268 e. The van der Waals surface area contributed by atoms with Crippen molar-refractivity contribution in [2.75, 3.05) is 20.3 Å². The maximum absolute atomic E-state index is 12.7. The summed E-state index contributed by atoms with van der Waals surface area (Å²) in [6.07, 6.45) is 0. The molecule has 3 heterocycles. The lowest BCUT2D eigenvalue weighted by Gasteiger charge is -2.18. The number of carbonyl (C=O) groups excluding carboxylic acids is 1.